The van der Waals surface area contributed by atoms with Crippen molar-refractivity contribution >= 4 is 34.0 Å². The number of benzene rings is 1. The van der Waals surface area contributed by atoms with E-state index in [0.717, 1.165) is 35.4 Å². The number of para-hydroxylation sites is 1. The van der Waals surface area contributed by atoms with Crippen molar-refractivity contribution in [2.45, 2.75) is 32.7 Å². The topological polar surface area (TPSA) is 80.3 Å². The Morgan fingerprint density at radius 2 is 2.08 bits per heavy atom. The first kappa shape index (κ1) is 16.4. The van der Waals surface area contributed by atoms with Gasteiger partial charge in [-0.1, -0.05) is 29.5 Å². The predicted molar refractivity (Wildman–Crippen MR) is 93.0 cm³/mol. The molecular weight excluding hydrogens is 326 g/mol. The van der Waals surface area contributed by atoms with Crippen LogP contribution in [-0.4, -0.2) is 29.5 Å². The highest BCUT2D eigenvalue weighted by molar-refractivity contribution is 7.17. The van der Waals surface area contributed by atoms with Crippen LogP contribution in [0.5, 0.6) is 0 Å². The number of hydrogen-bond donors (Lipinski definition) is 2. The van der Waals surface area contributed by atoms with Gasteiger partial charge in [-0.05, 0) is 38.3 Å². The van der Waals surface area contributed by atoms with E-state index in [2.05, 4.69) is 15.6 Å². The van der Waals surface area contributed by atoms with E-state index >= 15 is 0 Å². The molecule has 1 aromatic carbocycles. The average molecular weight is 345 g/mol. The molecule has 3 rings (SSSR count). The number of carbonyl (C=O) groups is 2. The number of aryl methyl sites for hydroxylation is 1. The van der Waals surface area contributed by atoms with E-state index in [1.54, 1.807) is 6.92 Å². The number of thiazole rings is 1. The molecule has 126 valence electrons. The van der Waals surface area contributed by atoms with Crippen LogP contribution in [0.25, 0.3) is 0 Å². The third-order valence-electron chi connectivity index (χ3n) is 3.60. The molecule has 1 aliphatic rings. The second-order valence-corrected chi connectivity index (χ2v) is 6.60. The van der Waals surface area contributed by atoms with Gasteiger partial charge >= 0.3 is 5.97 Å². The third-order valence-corrected chi connectivity index (χ3v) is 4.57. The minimum Gasteiger partial charge on any atom is -0.461 e. The smallest absolute Gasteiger partial charge is 0.358 e. The molecule has 1 aromatic heterocycles. The van der Waals surface area contributed by atoms with Crippen molar-refractivity contribution in [1.29, 1.82) is 0 Å². The zero-order chi connectivity index (χ0) is 17.1. The van der Waals surface area contributed by atoms with Gasteiger partial charge in [0.25, 0.3) is 5.91 Å². The van der Waals surface area contributed by atoms with Crippen molar-refractivity contribution in [3.63, 3.8) is 0 Å². The highest BCUT2D eigenvalue weighted by Crippen LogP contribution is 2.29. The predicted octanol–water partition coefficient (Wildman–Crippen LogP) is 3.26. The summed E-state index contributed by atoms with van der Waals surface area (Å²) in [5.74, 6) is -0.844. The fourth-order valence-corrected chi connectivity index (χ4v) is 3.04. The summed E-state index contributed by atoms with van der Waals surface area (Å²) in [6.07, 6.45) is 1.96. The lowest BCUT2D eigenvalue weighted by Crippen LogP contribution is -2.26. The van der Waals surface area contributed by atoms with Gasteiger partial charge in [0.1, 0.15) is 4.88 Å². The Labute approximate surface area is 144 Å². The molecular formula is C17H19N3O3S. The Bertz CT molecular complexity index is 768. The summed E-state index contributed by atoms with van der Waals surface area (Å²) in [4.78, 5) is 29.1. The van der Waals surface area contributed by atoms with Gasteiger partial charge < -0.3 is 15.4 Å². The average Bonchev–Trinajstić information content (AvgIpc) is 3.26. The van der Waals surface area contributed by atoms with E-state index in [9.17, 15) is 9.59 Å². The monoisotopic (exact) mass is 345 g/mol. The summed E-state index contributed by atoms with van der Waals surface area (Å²) in [5, 5.41) is 6.56. The molecule has 0 atom stereocenters. The van der Waals surface area contributed by atoms with Crippen LogP contribution in [-0.2, 0) is 4.74 Å². The van der Waals surface area contributed by atoms with Crippen molar-refractivity contribution < 1.29 is 14.3 Å². The minimum absolute atomic E-state index is 0.0658. The van der Waals surface area contributed by atoms with E-state index in [1.165, 1.54) is 0 Å². The van der Waals surface area contributed by atoms with Crippen LogP contribution in [0.2, 0.25) is 0 Å². The number of rotatable bonds is 6. The molecule has 0 spiro atoms. The van der Waals surface area contributed by atoms with Gasteiger partial charge in [0.05, 0.1) is 6.61 Å². The fourth-order valence-electron chi connectivity index (χ4n) is 2.17. The molecule has 0 aliphatic heterocycles. The minimum atomic E-state index is -0.576. The van der Waals surface area contributed by atoms with E-state index in [0.29, 0.717) is 5.13 Å². The maximum absolute atomic E-state index is 12.4. The number of nitrogens with zero attached hydrogens (tertiary/aromatic N) is 1. The van der Waals surface area contributed by atoms with Crippen LogP contribution < -0.4 is 10.6 Å². The molecule has 6 nitrogen and oxygen atoms in total. The summed E-state index contributed by atoms with van der Waals surface area (Å²) in [5.41, 5.74) is 2.00. The first-order valence-electron chi connectivity index (χ1n) is 7.90. The van der Waals surface area contributed by atoms with Gasteiger partial charge in [0.2, 0.25) is 0 Å². The molecule has 24 heavy (non-hydrogen) atoms. The summed E-state index contributed by atoms with van der Waals surface area (Å²) in [6.45, 7) is 3.93. The number of amides is 1. The molecule has 1 fully saturated rings. The van der Waals surface area contributed by atoms with Crippen LogP contribution in [0.3, 0.4) is 0 Å². The number of anilines is 2. The maximum Gasteiger partial charge on any atom is 0.358 e. The SMILES string of the molecule is CCOC(=O)c1nc(Nc2ccccc2C)sc1C(=O)NC1CC1. The van der Waals surface area contributed by atoms with E-state index < -0.39 is 5.97 Å². The lowest BCUT2D eigenvalue weighted by atomic mass is 10.2. The fraction of sp³-hybridized carbons (Fsp3) is 0.353. The Morgan fingerprint density at radius 3 is 2.75 bits per heavy atom. The molecule has 0 saturated heterocycles. The third kappa shape index (κ3) is 3.73. The van der Waals surface area contributed by atoms with Crippen LogP contribution in [0, 0.1) is 6.92 Å². The Hall–Kier alpha value is -2.41. The molecule has 2 N–H and O–H groups in total. The molecule has 1 saturated carbocycles. The quantitative estimate of drug-likeness (QED) is 0.786. The highest BCUT2D eigenvalue weighted by Gasteiger charge is 2.29. The van der Waals surface area contributed by atoms with Crippen molar-refractivity contribution in [3.8, 4) is 0 Å². The van der Waals surface area contributed by atoms with Gasteiger partial charge in [-0.2, -0.15) is 0 Å². The van der Waals surface area contributed by atoms with Gasteiger partial charge in [-0.15, -0.1) is 0 Å². The Morgan fingerprint density at radius 1 is 1.33 bits per heavy atom. The van der Waals surface area contributed by atoms with Crippen molar-refractivity contribution in [2.75, 3.05) is 11.9 Å². The van der Waals surface area contributed by atoms with Crippen LogP contribution in [0.4, 0.5) is 10.8 Å². The van der Waals surface area contributed by atoms with Crippen LogP contribution >= 0.6 is 11.3 Å². The highest BCUT2D eigenvalue weighted by atomic mass is 32.1. The second-order valence-electron chi connectivity index (χ2n) is 5.60. The zero-order valence-electron chi connectivity index (χ0n) is 13.6. The zero-order valence-corrected chi connectivity index (χ0v) is 14.4. The van der Waals surface area contributed by atoms with E-state index in [4.69, 9.17) is 4.74 Å². The molecule has 0 bridgehead atoms. The second kappa shape index (κ2) is 7.00. The Balaban J connectivity index is 1.88. The summed E-state index contributed by atoms with van der Waals surface area (Å²) in [7, 11) is 0. The maximum atomic E-state index is 12.4. The lowest BCUT2D eigenvalue weighted by molar-refractivity contribution is 0.0517. The van der Waals surface area contributed by atoms with Gasteiger partial charge in [-0.3, -0.25) is 4.79 Å². The first-order chi connectivity index (χ1) is 11.6. The standard InChI is InChI=1S/C17H19N3O3S/c1-3-23-16(22)13-14(15(21)18-11-8-9-11)24-17(20-13)19-12-7-5-4-6-10(12)2/h4-7,11H,3,8-9H2,1-2H3,(H,18,21)(H,19,20). The normalized spacial score (nSPS) is 13.4. The van der Waals surface area contributed by atoms with Gasteiger partial charge in [0, 0.05) is 11.7 Å². The van der Waals surface area contributed by atoms with Gasteiger partial charge in [0.15, 0.2) is 10.8 Å². The van der Waals surface area contributed by atoms with Crippen LogP contribution in [0.15, 0.2) is 24.3 Å². The molecule has 2 aromatic rings. The molecule has 7 heteroatoms. The number of hydrogen-bond acceptors (Lipinski definition) is 6. The number of esters is 1. The van der Waals surface area contributed by atoms with Gasteiger partial charge in [-0.25, -0.2) is 9.78 Å². The first-order valence-corrected chi connectivity index (χ1v) is 8.71. The molecule has 1 aliphatic carbocycles. The van der Waals surface area contributed by atoms with Crippen molar-refractivity contribution in [1.82, 2.24) is 10.3 Å². The lowest BCUT2D eigenvalue weighted by Gasteiger charge is -2.05. The summed E-state index contributed by atoms with van der Waals surface area (Å²) in [6, 6.07) is 7.96. The number of aromatic nitrogens is 1. The largest absolute Gasteiger partial charge is 0.461 e. The van der Waals surface area contributed by atoms with Crippen molar-refractivity contribution in [3.05, 3.63) is 40.4 Å². The summed E-state index contributed by atoms with van der Waals surface area (Å²) >= 11 is 1.16. The summed E-state index contributed by atoms with van der Waals surface area (Å²) < 4.78 is 5.02. The number of nitrogens with one attached hydrogen (secondary N) is 2. The van der Waals surface area contributed by atoms with E-state index in [1.807, 2.05) is 31.2 Å². The number of carbonyl (C=O) groups excluding carboxylic acids is 2. The molecule has 1 amide bonds. The number of ether oxygens (including phenoxy) is 1. The van der Waals surface area contributed by atoms with Crippen molar-refractivity contribution in [2.24, 2.45) is 0 Å². The molecule has 0 unspecified atom stereocenters. The van der Waals surface area contributed by atoms with E-state index in [-0.39, 0.29) is 29.1 Å². The molecule has 0 radical (unpaired) electrons. The van der Waals surface area contributed by atoms with Crippen LogP contribution in [0.1, 0.15) is 45.5 Å². The molecule has 1 heterocycles. The Kier molecular flexibility index (Phi) is 4.80.